The number of nitrogens with one attached hydrogen (secondary N) is 1. The van der Waals surface area contributed by atoms with Crippen molar-refractivity contribution in [3.8, 4) is 11.5 Å². The van der Waals surface area contributed by atoms with E-state index in [4.69, 9.17) is 21.1 Å². The summed E-state index contributed by atoms with van der Waals surface area (Å²) in [5.41, 5.74) is 1.23. The van der Waals surface area contributed by atoms with Gasteiger partial charge in [0, 0.05) is 11.9 Å². The monoisotopic (exact) mass is 321 g/mol. The Morgan fingerprint density at radius 2 is 1.80 bits per heavy atom. The van der Waals surface area contributed by atoms with E-state index in [0.717, 1.165) is 5.56 Å². The van der Waals surface area contributed by atoms with E-state index < -0.39 is 10.0 Å². The van der Waals surface area contributed by atoms with Crippen LogP contribution in [-0.4, -0.2) is 34.3 Å². The van der Waals surface area contributed by atoms with E-state index >= 15 is 0 Å². The number of aryl methyl sites for hydroxylation is 1. The lowest BCUT2D eigenvalue weighted by Crippen LogP contribution is -2.22. The van der Waals surface area contributed by atoms with Gasteiger partial charge in [0.05, 0.1) is 25.7 Å². The van der Waals surface area contributed by atoms with Gasteiger partial charge in [0.25, 0.3) is 0 Å². The molecule has 0 fully saturated rings. The molecule has 114 valence electrons. The highest BCUT2D eigenvalue weighted by molar-refractivity contribution is 7.92. The average molecular weight is 322 g/mol. The second kappa shape index (κ2) is 7.04. The largest absolute Gasteiger partial charge is 0.493 e. The van der Waals surface area contributed by atoms with Crippen LogP contribution in [0.4, 0.5) is 5.69 Å². The molecule has 0 aromatic heterocycles. The van der Waals surface area contributed by atoms with E-state index in [2.05, 4.69) is 4.72 Å². The number of alkyl halides is 1. The lowest BCUT2D eigenvalue weighted by atomic mass is 10.2. The third-order valence-electron chi connectivity index (χ3n) is 2.76. The molecule has 1 atom stereocenters. The zero-order valence-corrected chi connectivity index (χ0v) is 13.6. The van der Waals surface area contributed by atoms with Crippen LogP contribution in [0.3, 0.4) is 0 Å². The first-order chi connectivity index (χ1) is 9.32. The van der Waals surface area contributed by atoms with Gasteiger partial charge in [0.1, 0.15) is 0 Å². The maximum Gasteiger partial charge on any atom is 0.233 e. The van der Waals surface area contributed by atoms with Crippen molar-refractivity contribution in [2.75, 3.05) is 30.6 Å². The van der Waals surface area contributed by atoms with Crippen molar-refractivity contribution in [2.45, 2.75) is 13.8 Å². The van der Waals surface area contributed by atoms with Gasteiger partial charge in [-0.25, -0.2) is 8.42 Å². The number of sulfonamides is 1. The Hall–Kier alpha value is -1.14. The van der Waals surface area contributed by atoms with Gasteiger partial charge in [-0.1, -0.05) is 6.92 Å². The van der Waals surface area contributed by atoms with Crippen LogP contribution in [0.25, 0.3) is 0 Å². The molecule has 0 aliphatic heterocycles. The van der Waals surface area contributed by atoms with Crippen LogP contribution in [0.15, 0.2) is 12.1 Å². The molecule has 20 heavy (non-hydrogen) atoms. The molecule has 0 aliphatic rings. The molecule has 1 aromatic carbocycles. The van der Waals surface area contributed by atoms with Gasteiger partial charge in [-0.15, -0.1) is 11.6 Å². The van der Waals surface area contributed by atoms with Crippen molar-refractivity contribution in [1.29, 1.82) is 0 Å². The number of methoxy groups -OCH3 is 2. The van der Waals surface area contributed by atoms with Gasteiger partial charge in [-0.05, 0) is 24.5 Å². The fourth-order valence-corrected chi connectivity index (χ4v) is 3.46. The molecule has 0 heterocycles. The Morgan fingerprint density at radius 3 is 2.30 bits per heavy atom. The van der Waals surface area contributed by atoms with Gasteiger partial charge in [-0.2, -0.15) is 0 Å². The molecule has 0 amide bonds. The number of halogens is 1. The highest BCUT2D eigenvalue weighted by atomic mass is 35.5. The molecule has 0 bridgehead atoms. The Kier molecular flexibility index (Phi) is 5.95. The normalized spacial score (nSPS) is 12.8. The quantitative estimate of drug-likeness (QED) is 0.784. The second-order valence-corrected chi connectivity index (χ2v) is 6.74. The fourth-order valence-electron chi connectivity index (χ4n) is 1.72. The van der Waals surface area contributed by atoms with E-state index in [1.807, 2.05) is 0 Å². The summed E-state index contributed by atoms with van der Waals surface area (Å²) in [6.45, 7) is 3.58. The molecule has 0 radical (unpaired) electrons. The van der Waals surface area contributed by atoms with Gasteiger partial charge in [-0.3, -0.25) is 4.72 Å². The Bertz CT molecular complexity index is 560. The molecule has 1 N–H and O–H groups in total. The first kappa shape index (κ1) is 16.9. The third kappa shape index (κ3) is 4.45. The molecule has 0 saturated heterocycles. The minimum atomic E-state index is -3.44. The summed E-state index contributed by atoms with van der Waals surface area (Å²) in [4.78, 5) is 0. The molecular weight excluding hydrogens is 302 g/mol. The molecule has 1 rings (SSSR count). The summed E-state index contributed by atoms with van der Waals surface area (Å²) >= 11 is 5.65. The fraction of sp³-hybridized carbons (Fsp3) is 0.538. The molecule has 1 aromatic rings. The van der Waals surface area contributed by atoms with Crippen molar-refractivity contribution in [1.82, 2.24) is 0 Å². The van der Waals surface area contributed by atoms with Crippen molar-refractivity contribution < 1.29 is 17.9 Å². The number of benzene rings is 1. The van der Waals surface area contributed by atoms with Crippen LogP contribution in [0.5, 0.6) is 11.5 Å². The van der Waals surface area contributed by atoms with Crippen molar-refractivity contribution >= 4 is 27.3 Å². The highest BCUT2D eigenvalue weighted by Crippen LogP contribution is 2.33. The van der Waals surface area contributed by atoms with Crippen LogP contribution in [0, 0.1) is 12.8 Å². The van der Waals surface area contributed by atoms with E-state index in [0.29, 0.717) is 23.1 Å². The number of hydrogen-bond acceptors (Lipinski definition) is 4. The predicted octanol–water partition coefficient (Wildman–Crippen LogP) is 2.63. The summed E-state index contributed by atoms with van der Waals surface area (Å²) in [6, 6.07) is 3.33. The maximum absolute atomic E-state index is 12.0. The van der Waals surface area contributed by atoms with E-state index in [1.165, 1.54) is 14.2 Å². The van der Waals surface area contributed by atoms with Crippen molar-refractivity contribution in [3.63, 3.8) is 0 Å². The Morgan fingerprint density at radius 1 is 1.25 bits per heavy atom. The summed E-state index contributed by atoms with van der Waals surface area (Å²) in [6.07, 6.45) is 0. The van der Waals surface area contributed by atoms with Crippen LogP contribution >= 0.6 is 11.6 Å². The Labute approximate surface area is 125 Å². The van der Waals surface area contributed by atoms with Gasteiger partial charge < -0.3 is 9.47 Å². The van der Waals surface area contributed by atoms with Crippen LogP contribution in [0.1, 0.15) is 12.5 Å². The van der Waals surface area contributed by atoms with Crippen LogP contribution in [-0.2, 0) is 10.0 Å². The lowest BCUT2D eigenvalue weighted by molar-refractivity contribution is 0.355. The van der Waals surface area contributed by atoms with Gasteiger partial charge >= 0.3 is 0 Å². The Balaban J connectivity index is 3.03. The minimum Gasteiger partial charge on any atom is -0.493 e. The second-order valence-electron chi connectivity index (χ2n) is 4.67. The molecule has 0 saturated carbocycles. The minimum absolute atomic E-state index is 0.0235. The van der Waals surface area contributed by atoms with E-state index in [-0.39, 0.29) is 11.7 Å². The summed E-state index contributed by atoms with van der Waals surface area (Å²) in [5.74, 6) is 1.19. The summed E-state index contributed by atoms with van der Waals surface area (Å²) in [7, 11) is -0.412. The van der Waals surface area contributed by atoms with Gasteiger partial charge in [0.15, 0.2) is 11.5 Å². The first-order valence-electron chi connectivity index (χ1n) is 6.12. The molecule has 0 aliphatic carbocycles. The number of rotatable bonds is 7. The van der Waals surface area contributed by atoms with Crippen molar-refractivity contribution in [2.24, 2.45) is 5.92 Å². The average Bonchev–Trinajstić information content (AvgIpc) is 2.39. The first-order valence-corrected chi connectivity index (χ1v) is 8.30. The molecule has 1 unspecified atom stereocenters. The zero-order valence-electron chi connectivity index (χ0n) is 12.1. The zero-order chi connectivity index (χ0) is 15.3. The van der Waals surface area contributed by atoms with Gasteiger partial charge in [0.2, 0.25) is 10.0 Å². The predicted molar refractivity (Wildman–Crippen MR) is 81.6 cm³/mol. The summed E-state index contributed by atoms with van der Waals surface area (Å²) in [5, 5.41) is 0. The number of hydrogen-bond donors (Lipinski definition) is 1. The van der Waals surface area contributed by atoms with Crippen LogP contribution < -0.4 is 14.2 Å². The SMILES string of the molecule is COc1cc(C)c(NS(=O)(=O)CC(C)CCl)cc1OC. The smallest absolute Gasteiger partial charge is 0.233 e. The number of anilines is 1. The molecule has 7 heteroatoms. The summed E-state index contributed by atoms with van der Waals surface area (Å²) < 4.78 is 37.0. The number of ether oxygens (including phenoxy) is 2. The third-order valence-corrected chi connectivity index (χ3v) is 4.83. The van der Waals surface area contributed by atoms with Crippen molar-refractivity contribution in [3.05, 3.63) is 17.7 Å². The standard InChI is InChI=1S/C13H20ClNO4S/c1-9(7-14)8-20(16,17)15-11-6-13(19-4)12(18-3)5-10(11)2/h5-6,9,15H,7-8H2,1-4H3. The van der Waals surface area contributed by atoms with E-state index in [1.54, 1.807) is 26.0 Å². The maximum atomic E-state index is 12.0. The van der Waals surface area contributed by atoms with E-state index in [9.17, 15) is 8.42 Å². The molecule has 0 spiro atoms. The topological polar surface area (TPSA) is 64.6 Å². The molecular formula is C13H20ClNO4S. The highest BCUT2D eigenvalue weighted by Gasteiger charge is 2.17. The molecule has 5 nitrogen and oxygen atoms in total. The lowest BCUT2D eigenvalue weighted by Gasteiger charge is -2.15. The van der Waals surface area contributed by atoms with Crippen LogP contribution in [0.2, 0.25) is 0 Å².